The fourth-order valence-electron chi connectivity index (χ4n) is 2.37. The number of aliphatic hydroxyl groups is 1. The van der Waals surface area contributed by atoms with E-state index in [9.17, 15) is 0 Å². The van der Waals surface area contributed by atoms with Gasteiger partial charge in [-0.2, -0.15) is 0 Å². The molecule has 3 atom stereocenters. The highest BCUT2D eigenvalue weighted by atomic mass is 16.5. The van der Waals surface area contributed by atoms with Crippen LogP contribution < -0.4 is 16.4 Å². The first kappa shape index (κ1) is 11.0. The van der Waals surface area contributed by atoms with Gasteiger partial charge in [0, 0.05) is 0 Å². The average Bonchev–Trinajstić information content (AvgIpc) is 2.94. The molecule has 0 saturated carbocycles. The van der Waals surface area contributed by atoms with E-state index < -0.39 is 0 Å². The molecule has 17 heavy (non-hydrogen) atoms. The fraction of sp³-hybridized carbons (Fsp3) is 0.700. The molecule has 0 spiro atoms. The molecule has 0 radical (unpaired) electrons. The zero-order valence-corrected chi connectivity index (χ0v) is 9.47. The predicted octanol–water partition coefficient (Wildman–Crippen LogP) is -0.517. The molecule has 1 fully saturated rings. The van der Waals surface area contributed by atoms with Crippen LogP contribution >= 0.6 is 0 Å². The van der Waals surface area contributed by atoms with E-state index in [0.29, 0.717) is 6.67 Å². The van der Waals surface area contributed by atoms with Crippen LogP contribution in [-0.4, -0.2) is 34.0 Å². The van der Waals surface area contributed by atoms with Crippen molar-refractivity contribution < 1.29 is 9.84 Å². The van der Waals surface area contributed by atoms with Crippen LogP contribution in [0.1, 0.15) is 30.9 Å². The topological polar surface area (TPSA) is 97.4 Å². The molecule has 3 rings (SSSR count). The lowest BCUT2D eigenvalue weighted by atomic mass is 10.2. The molecule has 7 heteroatoms. The van der Waals surface area contributed by atoms with Gasteiger partial charge in [0.1, 0.15) is 23.9 Å². The molecule has 3 heterocycles. The maximum absolute atomic E-state index is 9.07. The van der Waals surface area contributed by atoms with Crippen LogP contribution in [0.4, 0.5) is 5.82 Å². The van der Waals surface area contributed by atoms with E-state index >= 15 is 0 Å². The Hall–Kier alpha value is -1.15. The van der Waals surface area contributed by atoms with Crippen LogP contribution in [0.3, 0.4) is 0 Å². The first-order chi connectivity index (χ1) is 8.29. The molecule has 0 amide bonds. The van der Waals surface area contributed by atoms with Gasteiger partial charge in [-0.25, -0.2) is 4.98 Å². The largest absolute Gasteiger partial charge is 0.394 e. The summed E-state index contributed by atoms with van der Waals surface area (Å²) >= 11 is 0. The second kappa shape index (κ2) is 4.26. The zero-order chi connectivity index (χ0) is 11.8. The van der Waals surface area contributed by atoms with E-state index in [1.807, 2.05) is 4.57 Å². The van der Waals surface area contributed by atoms with Gasteiger partial charge in [0.2, 0.25) is 0 Å². The first-order valence-corrected chi connectivity index (χ1v) is 5.85. The Labute approximate surface area is 99.0 Å². The number of hydrogen-bond donors (Lipinski definition) is 4. The zero-order valence-electron chi connectivity index (χ0n) is 9.47. The predicted molar refractivity (Wildman–Crippen MR) is 61.0 cm³/mol. The van der Waals surface area contributed by atoms with Crippen molar-refractivity contribution in [1.29, 1.82) is 0 Å². The Morgan fingerprint density at radius 2 is 2.47 bits per heavy atom. The standard InChI is InChI=1S/C10H17N5O2/c11-9-8-10(13-4-12-9)15(5-14-8)7-2-1-6(3-16)17-7/h5-7,9,12-13,16H,1-4,11H2/t6-,7+,9?/m0/s1. The van der Waals surface area contributed by atoms with Crippen LogP contribution in [0.15, 0.2) is 6.33 Å². The summed E-state index contributed by atoms with van der Waals surface area (Å²) in [4.78, 5) is 4.30. The molecule has 7 nitrogen and oxygen atoms in total. The number of nitrogens with one attached hydrogen (secondary N) is 2. The normalized spacial score (nSPS) is 32.2. The molecule has 0 bridgehead atoms. The van der Waals surface area contributed by atoms with E-state index in [-0.39, 0.29) is 25.1 Å². The van der Waals surface area contributed by atoms with E-state index in [1.165, 1.54) is 0 Å². The number of aromatic nitrogens is 2. The average molecular weight is 239 g/mol. The monoisotopic (exact) mass is 239 g/mol. The number of anilines is 1. The Bertz CT molecular complexity index is 407. The third-order valence-corrected chi connectivity index (χ3v) is 3.29. The van der Waals surface area contributed by atoms with Crippen LogP contribution in [0, 0.1) is 0 Å². The Kier molecular flexibility index (Phi) is 2.75. The van der Waals surface area contributed by atoms with Gasteiger partial charge >= 0.3 is 0 Å². The number of fused-ring (bicyclic) bond motifs is 1. The number of nitrogens with zero attached hydrogens (tertiary/aromatic N) is 2. The lowest BCUT2D eigenvalue weighted by Crippen LogP contribution is -2.38. The summed E-state index contributed by atoms with van der Waals surface area (Å²) in [5, 5.41) is 15.4. The molecule has 1 saturated heterocycles. The molecular weight excluding hydrogens is 222 g/mol. The van der Waals surface area contributed by atoms with Gasteiger partial charge < -0.3 is 20.9 Å². The van der Waals surface area contributed by atoms with Crippen molar-refractivity contribution >= 4 is 5.82 Å². The maximum Gasteiger partial charge on any atom is 0.137 e. The van der Waals surface area contributed by atoms with Gasteiger partial charge in [0.25, 0.3) is 0 Å². The Balaban J connectivity index is 1.85. The molecule has 1 aromatic rings. The van der Waals surface area contributed by atoms with Crippen molar-refractivity contribution in [2.75, 3.05) is 18.6 Å². The number of imidazole rings is 1. The van der Waals surface area contributed by atoms with E-state index in [4.69, 9.17) is 15.6 Å². The summed E-state index contributed by atoms with van der Waals surface area (Å²) in [6, 6.07) is 0. The lowest BCUT2D eigenvalue weighted by Gasteiger charge is -2.24. The number of nitrogens with two attached hydrogens (primary N) is 1. The third kappa shape index (κ3) is 1.81. The van der Waals surface area contributed by atoms with Gasteiger partial charge in [-0.05, 0) is 12.8 Å². The van der Waals surface area contributed by atoms with Crippen LogP contribution in [0.25, 0.3) is 0 Å². The quantitative estimate of drug-likeness (QED) is 0.554. The fourth-order valence-corrected chi connectivity index (χ4v) is 2.37. The Morgan fingerprint density at radius 3 is 3.24 bits per heavy atom. The summed E-state index contributed by atoms with van der Waals surface area (Å²) in [6.07, 6.45) is 3.16. The molecule has 1 unspecified atom stereocenters. The minimum Gasteiger partial charge on any atom is -0.394 e. The molecule has 1 aromatic heterocycles. The third-order valence-electron chi connectivity index (χ3n) is 3.29. The first-order valence-electron chi connectivity index (χ1n) is 5.85. The van der Waals surface area contributed by atoms with E-state index in [2.05, 4.69) is 15.6 Å². The van der Waals surface area contributed by atoms with Gasteiger partial charge in [0.15, 0.2) is 0 Å². The SMILES string of the molecule is NC1NCNc2c1ncn2[C@H]1CC[C@@H](CO)O1. The van der Waals surface area contributed by atoms with Gasteiger partial charge in [0.05, 0.1) is 25.7 Å². The van der Waals surface area contributed by atoms with Crippen molar-refractivity contribution in [2.24, 2.45) is 5.73 Å². The smallest absolute Gasteiger partial charge is 0.137 e. The number of hydrogen-bond acceptors (Lipinski definition) is 6. The second-order valence-corrected chi connectivity index (χ2v) is 4.39. The number of ether oxygens (including phenoxy) is 1. The van der Waals surface area contributed by atoms with Gasteiger partial charge in [-0.3, -0.25) is 9.88 Å². The van der Waals surface area contributed by atoms with Crippen molar-refractivity contribution in [3.05, 3.63) is 12.0 Å². The summed E-state index contributed by atoms with van der Waals surface area (Å²) < 4.78 is 7.69. The summed E-state index contributed by atoms with van der Waals surface area (Å²) in [6.45, 7) is 0.692. The molecule has 0 aromatic carbocycles. The minimum atomic E-state index is -0.234. The highest BCUT2D eigenvalue weighted by Crippen LogP contribution is 2.33. The highest BCUT2D eigenvalue weighted by Gasteiger charge is 2.30. The molecule has 2 aliphatic rings. The van der Waals surface area contributed by atoms with Crippen LogP contribution in [0.5, 0.6) is 0 Å². The van der Waals surface area contributed by atoms with Crippen molar-refractivity contribution in [3.63, 3.8) is 0 Å². The van der Waals surface area contributed by atoms with Crippen molar-refractivity contribution in [3.8, 4) is 0 Å². The lowest BCUT2D eigenvalue weighted by molar-refractivity contribution is -0.0215. The van der Waals surface area contributed by atoms with E-state index in [1.54, 1.807) is 6.33 Å². The van der Waals surface area contributed by atoms with Crippen molar-refractivity contribution in [1.82, 2.24) is 14.9 Å². The maximum atomic E-state index is 9.07. The van der Waals surface area contributed by atoms with Gasteiger partial charge in [-0.15, -0.1) is 0 Å². The number of rotatable bonds is 2. The van der Waals surface area contributed by atoms with Crippen molar-refractivity contribution in [2.45, 2.75) is 31.3 Å². The summed E-state index contributed by atoms with van der Waals surface area (Å²) in [5.41, 5.74) is 6.72. The second-order valence-electron chi connectivity index (χ2n) is 4.39. The summed E-state index contributed by atoms with van der Waals surface area (Å²) in [5.74, 6) is 0.917. The van der Waals surface area contributed by atoms with Gasteiger partial charge in [-0.1, -0.05) is 0 Å². The molecule has 0 aliphatic carbocycles. The molecule has 94 valence electrons. The van der Waals surface area contributed by atoms with E-state index in [0.717, 1.165) is 24.4 Å². The molecule has 2 aliphatic heterocycles. The number of aliphatic hydroxyl groups excluding tert-OH is 1. The Morgan fingerprint density at radius 1 is 1.59 bits per heavy atom. The minimum absolute atomic E-state index is 0.0544. The van der Waals surface area contributed by atoms with Crippen LogP contribution in [0.2, 0.25) is 0 Å². The molecular formula is C10H17N5O2. The summed E-state index contributed by atoms with van der Waals surface area (Å²) in [7, 11) is 0. The highest BCUT2D eigenvalue weighted by molar-refractivity contribution is 5.45. The molecule has 5 N–H and O–H groups in total. The van der Waals surface area contributed by atoms with Crippen LogP contribution in [-0.2, 0) is 4.74 Å².